The molecule has 0 atom stereocenters. The van der Waals surface area contributed by atoms with Crippen LogP contribution in [0.25, 0.3) is 10.9 Å². The van der Waals surface area contributed by atoms with Crippen molar-refractivity contribution in [1.29, 1.82) is 0 Å². The zero-order chi connectivity index (χ0) is 29.9. The number of amides is 1. The van der Waals surface area contributed by atoms with Gasteiger partial charge in [0, 0.05) is 41.6 Å². The maximum absolute atomic E-state index is 15.7. The highest BCUT2D eigenvalue weighted by molar-refractivity contribution is 6.30. The Balaban J connectivity index is 1.49. The predicted octanol–water partition coefficient (Wildman–Crippen LogP) is 7.39. The van der Waals surface area contributed by atoms with Crippen LogP contribution >= 0.6 is 11.6 Å². The lowest BCUT2D eigenvalue weighted by atomic mass is 9.86. The monoisotopic (exact) mass is 594 g/mol. The van der Waals surface area contributed by atoms with Crippen molar-refractivity contribution in [3.63, 3.8) is 0 Å². The Morgan fingerprint density at radius 1 is 1.14 bits per heavy atom. The first-order chi connectivity index (χ1) is 20.2. The minimum atomic E-state index is -3.39. The number of fused-ring (bicyclic) bond motifs is 1. The van der Waals surface area contributed by atoms with Crippen LogP contribution in [0.4, 0.5) is 8.78 Å². The van der Waals surface area contributed by atoms with E-state index >= 15 is 8.78 Å². The Bertz CT molecular complexity index is 1570. The quantitative estimate of drug-likeness (QED) is 0.177. The Hall–Kier alpha value is -3.98. The average molecular weight is 595 g/mol. The van der Waals surface area contributed by atoms with Crippen molar-refractivity contribution in [1.82, 2.24) is 19.7 Å². The van der Waals surface area contributed by atoms with Crippen molar-refractivity contribution in [3.05, 3.63) is 101 Å². The number of halogens is 3. The number of rotatable bonds is 11. The minimum absolute atomic E-state index is 0.156. The fourth-order valence-electron chi connectivity index (χ4n) is 5.86. The smallest absolute Gasteiger partial charge is 0.306 e. The lowest BCUT2D eigenvalue weighted by Gasteiger charge is -2.30. The SMILES string of the molecule is C=CCC(F)(F)c1c(C(=O)N(CCc2cccc3[nH]ccc23)Cc2ccc(Cl)cc2)cnn1C1CCC(C(=O)O)CC1. The largest absolute Gasteiger partial charge is 0.481 e. The van der Waals surface area contributed by atoms with Crippen LogP contribution in [0.1, 0.15) is 65.3 Å². The second kappa shape index (κ2) is 12.5. The van der Waals surface area contributed by atoms with Gasteiger partial charge in [0.1, 0.15) is 5.69 Å². The molecule has 1 fully saturated rings. The highest BCUT2D eigenvalue weighted by atomic mass is 35.5. The number of carbonyl (C=O) groups excluding carboxylic acids is 1. The van der Waals surface area contributed by atoms with Gasteiger partial charge in [-0.1, -0.05) is 41.9 Å². The lowest BCUT2D eigenvalue weighted by molar-refractivity contribution is -0.143. The van der Waals surface area contributed by atoms with Crippen molar-refractivity contribution in [3.8, 4) is 0 Å². The third-order valence-corrected chi connectivity index (χ3v) is 8.33. The van der Waals surface area contributed by atoms with Gasteiger partial charge in [-0.05, 0) is 67.5 Å². The Morgan fingerprint density at radius 3 is 2.57 bits per heavy atom. The molecule has 0 saturated heterocycles. The Morgan fingerprint density at radius 2 is 1.88 bits per heavy atom. The highest BCUT2D eigenvalue weighted by Crippen LogP contribution is 2.40. The zero-order valence-electron chi connectivity index (χ0n) is 23.1. The molecule has 2 aromatic carbocycles. The molecule has 0 spiro atoms. The van der Waals surface area contributed by atoms with Crippen LogP contribution in [0.2, 0.25) is 5.02 Å². The number of alkyl halides is 2. The number of aliphatic carboxylic acids is 1. The average Bonchev–Trinajstić information content (AvgIpc) is 3.64. The van der Waals surface area contributed by atoms with E-state index in [2.05, 4.69) is 16.7 Å². The van der Waals surface area contributed by atoms with Crippen LogP contribution in [-0.4, -0.2) is 43.2 Å². The Labute approximate surface area is 247 Å². The number of carboxylic acid groups (broad SMARTS) is 1. The summed E-state index contributed by atoms with van der Waals surface area (Å²) >= 11 is 6.08. The molecule has 2 aromatic heterocycles. The molecule has 4 aromatic rings. The number of aromatic nitrogens is 3. The first-order valence-electron chi connectivity index (χ1n) is 14.1. The summed E-state index contributed by atoms with van der Waals surface area (Å²) < 4.78 is 32.7. The molecule has 1 aliphatic rings. The highest BCUT2D eigenvalue weighted by Gasteiger charge is 2.42. The molecule has 0 bridgehead atoms. The van der Waals surface area contributed by atoms with E-state index in [-0.39, 0.29) is 18.7 Å². The molecule has 10 heteroatoms. The van der Waals surface area contributed by atoms with E-state index in [1.165, 1.54) is 10.9 Å². The van der Waals surface area contributed by atoms with Crippen molar-refractivity contribution >= 4 is 34.4 Å². The summed E-state index contributed by atoms with van der Waals surface area (Å²) in [4.78, 5) is 30.4. The number of nitrogens with zero attached hydrogens (tertiary/aromatic N) is 3. The van der Waals surface area contributed by atoms with Gasteiger partial charge in [0.2, 0.25) is 0 Å². The molecular formula is C32H33ClF2N4O3. The number of carboxylic acids is 1. The second-order valence-electron chi connectivity index (χ2n) is 10.9. The standard InChI is InChI=1S/C32H33ClF2N4O3/c1-2-16-32(34,35)29-27(19-37-39(29)25-12-8-23(9-13-25)31(41)42)30(40)38(20-21-6-10-24(33)11-7-21)18-15-22-4-3-5-28-26(22)14-17-36-28/h2-7,10-11,14,17,19,23,25,36H,1,8-9,12-13,15-16,18,20H2,(H,41,42). The molecule has 220 valence electrons. The van der Waals surface area contributed by atoms with Crippen LogP contribution in [0, 0.1) is 5.92 Å². The molecular weight excluding hydrogens is 562 g/mol. The van der Waals surface area contributed by atoms with Crippen molar-refractivity contribution in [2.45, 2.75) is 57.0 Å². The fraction of sp³-hybridized carbons (Fsp3) is 0.344. The van der Waals surface area contributed by atoms with E-state index in [0.717, 1.165) is 28.1 Å². The number of hydrogen-bond acceptors (Lipinski definition) is 3. The molecule has 0 radical (unpaired) electrons. The van der Waals surface area contributed by atoms with Crippen molar-refractivity contribution < 1.29 is 23.5 Å². The fourth-order valence-corrected chi connectivity index (χ4v) is 5.99. The maximum Gasteiger partial charge on any atom is 0.306 e. The van der Waals surface area contributed by atoms with Gasteiger partial charge in [-0.15, -0.1) is 6.58 Å². The topological polar surface area (TPSA) is 91.2 Å². The maximum atomic E-state index is 15.7. The summed E-state index contributed by atoms with van der Waals surface area (Å²) in [6.07, 6.45) is 5.59. The molecule has 2 N–H and O–H groups in total. The molecule has 0 aliphatic heterocycles. The molecule has 1 aliphatic carbocycles. The summed E-state index contributed by atoms with van der Waals surface area (Å²) in [7, 11) is 0. The van der Waals surface area contributed by atoms with Gasteiger partial charge in [0.15, 0.2) is 0 Å². The first kappa shape index (κ1) is 29.5. The molecule has 5 rings (SSSR count). The van der Waals surface area contributed by atoms with Crippen molar-refractivity contribution in [2.75, 3.05) is 6.54 Å². The van der Waals surface area contributed by atoms with E-state index in [9.17, 15) is 14.7 Å². The van der Waals surface area contributed by atoms with Crippen LogP contribution in [0.3, 0.4) is 0 Å². The number of nitrogens with one attached hydrogen (secondary N) is 1. The summed E-state index contributed by atoms with van der Waals surface area (Å²) in [5.41, 5.74) is 2.22. The molecule has 7 nitrogen and oxygen atoms in total. The molecule has 1 amide bonds. The second-order valence-corrected chi connectivity index (χ2v) is 11.3. The van der Waals surface area contributed by atoms with Gasteiger partial charge in [0.05, 0.1) is 23.7 Å². The van der Waals surface area contributed by atoms with E-state index < -0.39 is 41.9 Å². The summed E-state index contributed by atoms with van der Waals surface area (Å²) in [6, 6.07) is 14.6. The van der Waals surface area contributed by atoms with Gasteiger partial charge in [-0.25, -0.2) is 0 Å². The van der Waals surface area contributed by atoms with Crippen LogP contribution < -0.4 is 0 Å². The summed E-state index contributed by atoms with van der Waals surface area (Å²) in [5, 5.41) is 15.3. The number of allylic oxidation sites excluding steroid dienone is 1. The van der Waals surface area contributed by atoms with Gasteiger partial charge < -0.3 is 15.0 Å². The first-order valence-corrected chi connectivity index (χ1v) is 14.4. The number of carbonyl (C=O) groups is 2. The zero-order valence-corrected chi connectivity index (χ0v) is 23.9. The summed E-state index contributed by atoms with van der Waals surface area (Å²) in [5.74, 6) is -5.32. The number of benzene rings is 2. The predicted molar refractivity (Wildman–Crippen MR) is 158 cm³/mol. The van der Waals surface area contributed by atoms with Gasteiger partial charge in [-0.3, -0.25) is 14.3 Å². The third-order valence-electron chi connectivity index (χ3n) is 8.08. The van der Waals surface area contributed by atoms with Gasteiger partial charge >= 0.3 is 5.97 Å². The minimum Gasteiger partial charge on any atom is -0.481 e. The molecule has 2 heterocycles. The molecule has 42 heavy (non-hydrogen) atoms. The molecule has 1 saturated carbocycles. The van der Waals surface area contributed by atoms with Gasteiger partial charge in [-0.2, -0.15) is 13.9 Å². The lowest BCUT2D eigenvalue weighted by Crippen LogP contribution is -2.35. The number of H-pyrrole nitrogens is 1. The van der Waals surface area contributed by atoms with Crippen LogP contribution in [0.15, 0.2) is 73.6 Å². The number of aromatic amines is 1. The van der Waals surface area contributed by atoms with Crippen LogP contribution in [0.5, 0.6) is 0 Å². The van der Waals surface area contributed by atoms with Crippen molar-refractivity contribution in [2.24, 2.45) is 5.92 Å². The van der Waals surface area contributed by atoms with Gasteiger partial charge in [0.25, 0.3) is 11.8 Å². The van der Waals surface area contributed by atoms with E-state index in [4.69, 9.17) is 11.6 Å². The number of hydrogen-bond donors (Lipinski definition) is 2. The van der Waals surface area contributed by atoms with E-state index in [1.54, 1.807) is 17.0 Å². The van der Waals surface area contributed by atoms with E-state index in [0.29, 0.717) is 37.1 Å². The third kappa shape index (κ3) is 6.26. The normalized spacial score (nSPS) is 17.3. The molecule has 0 unspecified atom stereocenters. The summed E-state index contributed by atoms with van der Waals surface area (Å²) in [6.45, 7) is 3.98. The van der Waals surface area contributed by atoms with E-state index in [1.807, 2.05) is 42.6 Å². The Kier molecular flexibility index (Phi) is 8.77. The van der Waals surface area contributed by atoms with Crippen LogP contribution in [-0.2, 0) is 23.7 Å².